The van der Waals surface area contributed by atoms with Gasteiger partial charge in [-0.05, 0) is 12.1 Å². The molecular formula is C5H7N2S+. The van der Waals surface area contributed by atoms with Crippen LogP contribution < -0.4 is 5.73 Å². The summed E-state index contributed by atoms with van der Waals surface area (Å²) >= 11 is 4.76. The van der Waals surface area contributed by atoms with E-state index in [4.69, 9.17) is 18.0 Å². The van der Waals surface area contributed by atoms with Crippen molar-refractivity contribution < 1.29 is 1.43 Å². The SMILES string of the molecule is Nc1ccc(=S)[nH]c1.[H+]. The lowest BCUT2D eigenvalue weighted by atomic mass is 10.4. The van der Waals surface area contributed by atoms with Crippen LogP contribution in [0.25, 0.3) is 0 Å². The standard InChI is InChI=1S/C5H6N2S/c6-4-1-2-5(8)7-3-4/h1-3H,6H2,(H,7,8)/p+1. The van der Waals surface area contributed by atoms with E-state index in [1.807, 2.05) is 0 Å². The number of nitrogens with two attached hydrogens (primary N) is 1. The van der Waals surface area contributed by atoms with Crippen molar-refractivity contribution in [3.05, 3.63) is 23.0 Å². The van der Waals surface area contributed by atoms with Crippen molar-refractivity contribution in [3.8, 4) is 0 Å². The second kappa shape index (κ2) is 1.96. The summed E-state index contributed by atoms with van der Waals surface area (Å²) in [6, 6.07) is 3.52. The van der Waals surface area contributed by atoms with Gasteiger partial charge in [0, 0.05) is 11.9 Å². The normalized spacial score (nSPS) is 9.00. The third-order valence-electron chi connectivity index (χ3n) is 0.808. The van der Waals surface area contributed by atoms with Crippen molar-refractivity contribution in [1.29, 1.82) is 0 Å². The summed E-state index contributed by atoms with van der Waals surface area (Å²) in [5.41, 5.74) is 6.06. The van der Waals surface area contributed by atoms with E-state index in [-0.39, 0.29) is 1.43 Å². The zero-order valence-electron chi connectivity index (χ0n) is 5.22. The first-order chi connectivity index (χ1) is 3.79. The minimum Gasteiger partial charge on any atom is -0.398 e. The third kappa shape index (κ3) is 1.07. The number of aromatic amines is 1. The predicted molar refractivity (Wildman–Crippen MR) is 37.2 cm³/mol. The van der Waals surface area contributed by atoms with E-state index in [1.54, 1.807) is 18.3 Å². The average Bonchev–Trinajstić information content (AvgIpc) is 1.77. The molecular weight excluding hydrogens is 120 g/mol. The first kappa shape index (κ1) is 5.31. The van der Waals surface area contributed by atoms with Crippen molar-refractivity contribution >= 4 is 17.9 Å². The second-order valence-electron chi connectivity index (χ2n) is 1.49. The van der Waals surface area contributed by atoms with E-state index in [1.165, 1.54) is 0 Å². The molecule has 1 aromatic heterocycles. The molecule has 0 amide bonds. The van der Waals surface area contributed by atoms with Crippen LogP contribution in [0.4, 0.5) is 5.69 Å². The average molecular weight is 127 g/mol. The molecule has 3 heteroatoms. The molecule has 3 N–H and O–H groups in total. The van der Waals surface area contributed by atoms with Crippen LogP contribution in [0.15, 0.2) is 18.3 Å². The molecule has 0 aliphatic rings. The molecule has 0 saturated heterocycles. The Labute approximate surface area is 53.8 Å². The lowest BCUT2D eigenvalue weighted by molar-refractivity contribution is 1.30. The van der Waals surface area contributed by atoms with Crippen LogP contribution in [0.3, 0.4) is 0 Å². The molecule has 1 aromatic rings. The van der Waals surface area contributed by atoms with Crippen molar-refractivity contribution in [2.24, 2.45) is 0 Å². The van der Waals surface area contributed by atoms with Gasteiger partial charge in [0.25, 0.3) is 0 Å². The Hall–Kier alpha value is -0.830. The summed E-state index contributed by atoms with van der Waals surface area (Å²) in [6.07, 6.45) is 1.67. The number of hydrogen-bond acceptors (Lipinski definition) is 2. The van der Waals surface area contributed by atoms with Gasteiger partial charge in [-0.3, -0.25) is 0 Å². The molecule has 0 unspecified atom stereocenters. The molecule has 0 aliphatic heterocycles. The zero-order valence-corrected chi connectivity index (χ0v) is 5.03. The van der Waals surface area contributed by atoms with Gasteiger partial charge in [-0.1, -0.05) is 12.2 Å². The predicted octanol–water partition coefficient (Wildman–Crippen LogP) is 1.44. The molecule has 8 heavy (non-hydrogen) atoms. The highest BCUT2D eigenvalue weighted by atomic mass is 32.1. The Balaban J connectivity index is 0.000000640. The minimum absolute atomic E-state index is 0. The maximum atomic E-state index is 5.35. The topological polar surface area (TPSA) is 41.8 Å². The van der Waals surface area contributed by atoms with Crippen molar-refractivity contribution in [1.82, 2.24) is 4.98 Å². The summed E-state index contributed by atoms with van der Waals surface area (Å²) in [6.45, 7) is 0. The quantitative estimate of drug-likeness (QED) is 0.518. The molecule has 2 nitrogen and oxygen atoms in total. The third-order valence-corrected chi connectivity index (χ3v) is 1.06. The van der Waals surface area contributed by atoms with E-state index < -0.39 is 0 Å². The first-order valence-corrected chi connectivity index (χ1v) is 2.64. The summed E-state index contributed by atoms with van der Waals surface area (Å²) in [5.74, 6) is 0. The fourth-order valence-electron chi connectivity index (χ4n) is 0.423. The van der Waals surface area contributed by atoms with Gasteiger partial charge in [-0.15, -0.1) is 0 Å². The lowest BCUT2D eigenvalue weighted by Crippen LogP contribution is -1.83. The van der Waals surface area contributed by atoms with Crippen LogP contribution >= 0.6 is 12.2 Å². The van der Waals surface area contributed by atoms with E-state index in [9.17, 15) is 0 Å². The van der Waals surface area contributed by atoms with Gasteiger partial charge >= 0.3 is 1.43 Å². The van der Waals surface area contributed by atoms with Crippen molar-refractivity contribution in [3.63, 3.8) is 0 Å². The fraction of sp³-hybridized carbons (Fsp3) is 0. The van der Waals surface area contributed by atoms with Gasteiger partial charge in [0.2, 0.25) is 0 Å². The smallest absolute Gasteiger partial charge is 0.398 e. The van der Waals surface area contributed by atoms with E-state index in [0.717, 1.165) is 0 Å². The molecule has 0 atom stereocenters. The van der Waals surface area contributed by atoms with Gasteiger partial charge in [0.1, 0.15) is 4.64 Å². The summed E-state index contributed by atoms with van der Waals surface area (Å²) < 4.78 is 0.708. The highest BCUT2D eigenvalue weighted by Gasteiger charge is 1.76. The maximum absolute atomic E-state index is 5.35. The van der Waals surface area contributed by atoms with Crippen molar-refractivity contribution in [2.75, 3.05) is 5.73 Å². The van der Waals surface area contributed by atoms with E-state index in [0.29, 0.717) is 10.3 Å². The van der Waals surface area contributed by atoms with Crippen LogP contribution in [0.1, 0.15) is 1.43 Å². The van der Waals surface area contributed by atoms with Gasteiger partial charge in [0.15, 0.2) is 0 Å². The number of aromatic nitrogens is 1. The van der Waals surface area contributed by atoms with Crippen LogP contribution in [-0.2, 0) is 0 Å². The minimum atomic E-state index is 0. The second-order valence-corrected chi connectivity index (χ2v) is 1.93. The first-order valence-electron chi connectivity index (χ1n) is 2.23. The molecule has 0 bridgehead atoms. The molecule has 0 saturated carbocycles. The number of anilines is 1. The monoisotopic (exact) mass is 127 g/mol. The van der Waals surface area contributed by atoms with Crippen molar-refractivity contribution in [2.45, 2.75) is 0 Å². The van der Waals surface area contributed by atoms with Gasteiger partial charge < -0.3 is 10.7 Å². The number of rotatable bonds is 0. The molecule has 42 valence electrons. The Bertz CT molecular complexity index is 212. The van der Waals surface area contributed by atoms with Crippen LogP contribution in [-0.4, -0.2) is 4.98 Å². The molecule has 0 aromatic carbocycles. The number of pyridine rings is 1. The molecule has 0 spiro atoms. The largest absolute Gasteiger partial charge is 1.00 e. The Morgan fingerprint density at radius 3 is 2.75 bits per heavy atom. The summed E-state index contributed by atoms with van der Waals surface area (Å²) in [7, 11) is 0. The van der Waals surface area contributed by atoms with Crippen LogP contribution in [0.2, 0.25) is 0 Å². The van der Waals surface area contributed by atoms with Crippen LogP contribution in [0, 0.1) is 4.64 Å². The molecule has 1 rings (SSSR count). The zero-order chi connectivity index (χ0) is 5.98. The molecule has 1 heterocycles. The highest BCUT2D eigenvalue weighted by Crippen LogP contribution is 1.94. The number of H-pyrrole nitrogens is 1. The maximum Gasteiger partial charge on any atom is 1.00 e. The summed E-state index contributed by atoms with van der Waals surface area (Å²) in [5, 5.41) is 0. The fourth-order valence-corrected chi connectivity index (χ4v) is 0.550. The number of nitrogen functional groups attached to an aromatic ring is 1. The van der Waals surface area contributed by atoms with Gasteiger partial charge in [-0.25, -0.2) is 0 Å². The van der Waals surface area contributed by atoms with E-state index in [2.05, 4.69) is 4.98 Å². The Kier molecular flexibility index (Phi) is 1.30. The van der Waals surface area contributed by atoms with Crippen LogP contribution in [0.5, 0.6) is 0 Å². The number of hydrogen-bond donors (Lipinski definition) is 2. The molecule has 0 radical (unpaired) electrons. The van der Waals surface area contributed by atoms with Gasteiger partial charge in [0.05, 0.1) is 0 Å². The lowest BCUT2D eigenvalue weighted by Gasteiger charge is -1.86. The Morgan fingerprint density at radius 2 is 2.38 bits per heavy atom. The van der Waals surface area contributed by atoms with E-state index >= 15 is 0 Å². The van der Waals surface area contributed by atoms with Gasteiger partial charge in [-0.2, -0.15) is 0 Å². The Morgan fingerprint density at radius 1 is 1.62 bits per heavy atom. The number of nitrogens with one attached hydrogen (secondary N) is 1. The molecule has 0 aliphatic carbocycles. The molecule has 0 fully saturated rings. The summed E-state index contributed by atoms with van der Waals surface area (Å²) in [4.78, 5) is 2.79. The highest BCUT2D eigenvalue weighted by molar-refractivity contribution is 7.71.